The minimum Gasteiger partial charge on any atom is -0.381 e. The number of ketones is 1. The molecule has 0 unspecified atom stereocenters. The van der Waals surface area contributed by atoms with Crippen molar-refractivity contribution in [1.29, 1.82) is 0 Å². The maximum atomic E-state index is 11.7. The molecule has 0 aliphatic carbocycles. The third-order valence-electron chi connectivity index (χ3n) is 2.63. The van der Waals surface area contributed by atoms with Gasteiger partial charge in [0.1, 0.15) is 12.4 Å². The molecule has 0 radical (unpaired) electrons. The fourth-order valence-corrected chi connectivity index (χ4v) is 1.73. The molecule has 1 aliphatic heterocycles. The molecular weight excluding hydrogens is 218 g/mol. The predicted molar refractivity (Wildman–Crippen MR) is 54.6 cm³/mol. The molecule has 5 heteroatoms. The lowest BCUT2D eigenvalue weighted by atomic mass is 9.93. The number of carbonyl (C=O) groups excluding carboxylic acids is 1. The summed E-state index contributed by atoms with van der Waals surface area (Å²) in [7, 11) is 0. The van der Waals surface area contributed by atoms with Crippen LogP contribution in [0.1, 0.15) is 25.7 Å². The average molecular weight is 236 g/mol. The second kappa shape index (κ2) is 7.68. The Morgan fingerprint density at radius 2 is 2.06 bits per heavy atom. The summed E-state index contributed by atoms with van der Waals surface area (Å²) in [5.74, 6) is 0.498. The Bertz CT molecular complexity index is 203. The first kappa shape index (κ1) is 13.5. The fraction of sp³-hybridized carbons (Fsp3) is 0.909. The van der Waals surface area contributed by atoms with E-state index in [9.17, 15) is 13.6 Å². The van der Waals surface area contributed by atoms with Crippen LogP contribution in [-0.4, -0.2) is 38.6 Å². The van der Waals surface area contributed by atoms with Crippen LogP contribution < -0.4 is 0 Å². The predicted octanol–water partition coefficient (Wildman–Crippen LogP) is 2.04. The number of rotatable bonds is 7. The van der Waals surface area contributed by atoms with Crippen molar-refractivity contribution < 1.29 is 23.0 Å². The van der Waals surface area contributed by atoms with E-state index in [0.29, 0.717) is 12.3 Å². The van der Waals surface area contributed by atoms with Crippen molar-refractivity contribution in [3.63, 3.8) is 0 Å². The molecule has 0 spiro atoms. The minimum atomic E-state index is -2.45. The standard InChI is InChI=1S/C11H18F2O3/c12-11(13)8-16-6-3-10(14)7-9-1-4-15-5-2-9/h9,11H,1-8H2. The Morgan fingerprint density at radius 1 is 1.38 bits per heavy atom. The smallest absolute Gasteiger partial charge is 0.261 e. The van der Waals surface area contributed by atoms with Gasteiger partial charge in [0.2, 0.25) is 0 Å². The summed E-state index contributed by atoms with van der Waals surface area (Å²) >= 11 is 0. The third-order valence-corrected chi connectivity index (χ3v) is 2.63. The van der Waals surface area contributed by atoms with Crippen LogP contribution in [0, 0.1) is 5.92 Å². The molecule has 94 valence electrons. The SMILES string of the molecule is O=C(CCOCC(F)F)CC1CCOCC1. The Kier molecular flexibility index (Phi) is 6.49. The number of hydrogen-bond acceptors (Lipinski definition) is 3. The van der Waals surface area contributed by atoms with Crippen LogP contribution in [0.5, 0.6) is 0 Å². The minimum absolute atomic E-state index is 0.0983. The topological polar surface area (TPSA) is 35.5 Å². The molecule has 0 saturated carbocycles. The van der Waals surface area contributed by atoms with Gasteiger partial charge in [-0.25, -0.2) is 8.78 Å². The zero-order valence-corrected chi connectivity index (χ0v) is 9.29. The van der Waals surface area contributed by atoms with Crippen LogP contribution in [0.4, 0.5) is 8.78 Å². The quantitative estimate of drug-likeness (QED) is 0.634. The summed E-state index contributed by atoms with van der Waals surface area (Å²) in [6, 6.07) is 0. The summed E-state index contributed by atoms with van der Waals surface area (Å²) in [5.41, 5.74) is 0. The number of carbonyl (C=O) groups is 1. The van der Waals surface area contributed by atoms with Gasteiger partial charge >= 0.3 is 0 Å². The van der Waals surface area contributed by atoms with Crippen LogP contribution in [0.25, 0.3) is 0 Å². The van der Waals surface area contributed by atoms with Crippen LogP contribution in [-0.2, 0) is 14.3 Å². The van der Waals surface area contributed by atoms with Crippen LogP contribution >= 0.6 is 0 Å². The van der Waals surface area contributed by atoms with E-state index >= 15 is 0 Å². The van der Waals surface area contributed by atoms with E-state index in [-0.39, 0.29) is 18.8 Å². The van der Waals surface area contributed by atoms with Gasteiger partial charge in [0.05, 0.1) is 6.61 Å². The second-order valence-electron chi connectivity index (χ2n) is 4.01. The molecule has 0 aromatic carbocycles. The second-order valence-corrected chi connectivity index (χ2v) is 4.01. The van der Waals surface area contributed by atoms with Gasteiger partial charge in [0.25, 0.3) is 6.43 Å². The van der Waals surface area contributed by atoms with Crippen molar-refractivity contribution in [2.24, 2.45) is 5.92 Å². The molecule has 0 bridgehead atoms. The lowest BCUT2D eigenvalue weighted by Crippen LogP contribution is -2.19. The van der Waals surface area contributed by atoms with Crippen LogP contribution in [0.2, 0.25) is 0 Å². The maximum Gasteiger partial charge on any atom is 0.261 e. The summed E-state index contributed by atoms with van der Waals surface area (Å²) in [5, 5.41) is 0. The molecule has 1 saturated heterocycles. The van der Waals surface area contributed by atoms with Crippen molar-refractivity contribution >= 4 is 5.78 Å². The van der Waals surface area contributed by atoms with Gasteiger partial charge in [-0.2, -0.15) is 0 Å². The summed E-state index contributed by atoms with van der Waals surface area (Å²) < 4.78 is 33.3. The molecule has 0 amide bonds. The molecule has 1 rings (SSSR count). The van der Waals surface area contributed by atoms with E-state index in [0.717, 1.165) is 26.1 Å². The van der Waals surface area contributed by atoms with E-state index in [1.165, 1.54) is 0 Å². The lowest BCUT2D eigenvalue weighted by Gasteiger charge is -2.21. The summed E-state index contributed by atoms with van der Waals surface area (Å²) in [4.78, 5) is 11.4. The van der Waals surface area contributed by atoms with E-state index in [2.05, 4.69) is 4.74 Å². The van der Waals surface area contributed by atoms with Crippen LogP contribution in [0.15, 0.2) is 0 Å². The monoisotopic (exact) mass is 236 g/mol. The molecule has 0 atom stereocenters. The third kappa shape index (κ3) is 6.12. The van der Waals surface area contributed by atoms with Gasteiger partial charge in [-0.05, 0) is 18.8 Å². The summed E-state index contributed by atoms with van der Waals surface area (Å²) in [6.45, 7) is 0.969. The van der Waals surface area contributed by atoms with E-state index in [1.54, 1.807) is 0 Å². The van der Waals surface area contributed by atoms with Crippen molar-refractivity contribution in [3.05, 3.63) is 0 Å². The van der Waals surface area contributed by atoms with Gasteiger partial charge in [-0.15, -0.1) is 0 Å². The number of ether oxygens (including phenoxy) is 2. The highest BCUT2D eigenvalue weighted by Crippen LogP contribution is 2.19. The average Bonchev–Trinajstić information content (AvgIpc) is 2.25. The van der Waals surface area contributed by atoms with Crippen molar-refractivity contribution in [2.75, 3.05) is 26.4 Å². The summed E-state index contributed by atoms with van der Waals surface area (Å²) in [6.07, 6.45) is 0.157. The number of Topliss-reactive ketones (excluding diaryl/α,β-unsaturated/α-hetero) is 1. The Balaban J connectivity index is 2.01. The van der Waals surface area contributed by atoms with Crippen molar-refractivity contribution in [2.45, 2.75) is 32.1 Å². The molecule has 16 heavy (non-hydrogen) atoms. The Hall–Kier alpha value is -0.550. The highest BCUT2D eigenvalue weighted by Gasteiger charge is 2.17. The van der Waals surface area contributed by atoms with Gasteiger partial charge in [-0.1, -0.05) is 0 Å². The Labute approximate surface area is 94.1 Å². The van der Waals surface area contributed by atoms with Crippen molar-refractivity contribution in [3.8, 4) is 0 Å². The van der Waals surface area contributed by atoms with E-state index < -0.39 is 13.0 Å². The number of halogens is 2. The van der Waals surface area contributed by atoms with Gasteiger partial charge < -0.3 is 9.47 Å². The number of hydrogen-bond donors (Lipinski definition) is 0. The molecule has 0 aromatic heterocycles. The highest BCUT2D eigenvalue weighted by molar-refractivity contribution is 5.78. The van der Waals surface area contributed by atoms with Gasteiger partial charge in [-0.3, -0.25) is 4.79 Å². The molecule has 1 fully saturated rings. The zero-order chi connectivity index (χ0) is 11.8. The van der Waals surface area contributed by atoms with Crippen molar-refractivity contribution in [1.82, 2.24) is 0 Å². The first-order valence-electron chi connectivity index (χ1n) is 5.64. The molecule has 0 N–H and O–H groups in total. The molecule has 0 aromatic rings. The van der Waals surface area contributed by atoms with Crippen LogP contribution in [0.3, 0.4) is 0 Å². The normalized spacial score (nSPS) is 17.9. The molecular formula is C11H18F2O3. The largest absolute Gasteiger partial charge is 0.381 e. The highest BCUT2D eigenvalue weighted by atomic mass is 19.3. The van der Waals surface area contributed by atoms with Gasteiger partial charge in [0.15, 0.2) is 0 Å². The van der Waals surface area contributed by atoms with E-state index in [4.69, 9.17) is 4.74 Å². The Morgan fingerprint density at radius 3 is 2.69 bits per heavy atom. The zero-order valence-electron chi connectivity index (χ0n) is 9.29. The molecule has 1 heterocycles. The molecule has 1 aliphatic rings. The number of alkyl halides is 2. The van der Waals surface area contributed by atoms with Gasteiger partial charge in [0, 0.05) is 26.1 Å². The first-order valence-corrected chi connectivity index (χ1v) is 5.64. The molecule has 3 nitrogen and oxygen atoms in total. The van der Waals surface area contributed by atoms with E-state index in [1.807, 2.05) is 0 Å². The fourth-order valence-electron chi connectivity index (χ4n) is 1.73. The maximum absolute atomic E-state index is 11.7. The lowest BCUT2D eigenvalue weighted by molar-refractivity contribution is -0.122. The first-order chi connectivity index (χ1) is 7.68.